The van der Waals surface area contributed by atoms with Crippen LogP contribution in [0.25, 0.3) is 0 Å². The number of aliphatic carboxylic acids is 1. The van der Waals surface area contributed by atoms with Crippen molar-refractivity contribution in [3.63, 3.8) is 0 Å². The van der Waals surface area contributed by atoms with Crippen molar-refractivity contribution in [3.8, 4) is 0 Å². The molecule has 16 heavy (non-hydrogen) atoms. The van der Waals surface area contributed by atoms with Crippen molar-refractivity contribution in [1.82, 2.24) is 0 Å². The van der Waals surface area contributed by atoms with Crippen molar-refractivity contribution in [2.45, 2.75) is 17.7 Å². The highest BCUT2D eigenvalue weighted by Gasteiger charge is 2.12. The summed E-state index contributed by atoms with van der Waals surface area (Å²) in [6.45, 7) is 0. The van der Waals surface area contributed by atoms with Gasteiger partial charge in [-0.2, -0.15) is 0 Å². The lowest BCUT2D eigenvalue weighted by Crippen LogP contribution is -2.04. The fraction of sp³-hybridized carbons (Fsp3) is 0.273. The summed E-state index contributed by atoms with van der Waals surface area (Å²) in [6, 6.07) is 5.14. The molecule has 0 saturated heterocycles. The predicted octanol–water partition coefficient (Wildman–Crippen LogP) is 3.11. The molecule has 0 atom stereocenters. The number of carbonyl (C=O) groups is 2. The largest absolute Gasteiger partial charge is 0.481 e. The van der Waals surface area contributed by atoms with Gasteiger partial charge in [-0.25, -0.2) is 0 Å². The maximum Gasteiger partial charge on any atom is 0.303 e. The lowest BCUT2D eigenvalue weighted by molar-refractivity contribution is -0.136. The quantitative estimate of drug-likeness (QED) is 0.651. The van der Waals surface area contributed by atoms with E-state index in [1.807, 2.05) is 6.26 Å². The van der Waals surface area contributed by atoms with Gasteiger partial charge in [-0.05, 0) is 24.5 Å². The Balaban J connectivity index is 2.79. The molecule has 1 aromatic carbocycles. The van der Waals surface area contributed by atoms with Crippen molar-refractivity contribution in [2.75, 3.05) is 6.26 Å². The summed E-state index contributed by atoms with van der Waals surface area (Å²) in [5.74, 6) is -1.22. The molecule has 0 saturated carbocycles. The Hall–Kier alpha value is -1.00. The van der Waals surface area contributed by atoms with Crippen molar-refractivity contribution in [2.24, 2.45) is 0 Å². The number of hydrogen-bond donors (Lipinski definition) is 1. The molecule has 1 aromatic rings. The molecule has 0 aromatic heterocycles. The molecule has 1 N–H and O–H groups in total. The van der Waals surface area contributed by atoms with Gasteiger partial charge in [-0.3, -0.25) is 9.59 Å². The molecule has 0 heterocycles. The van der Waals surface area contributed by atoms with E-state index in [-0.39, 0.29) is 18.6 Å². The lowest BCUT2D eigenvalue weighted by atomic mass is 10.1. The van der Waals surface area contributed by atoms with E-state index >= 15 is 0 Å². The summed E-state index contributed by atoms with van der Waals surface area (Å²) in [5.41, 5.74) is 0.390. The molecule has 0 aliphatic rings. The lowest BCUT2D eigenvalue weighted by Gasteiger charge is -2.04. The number of halogens is 1. The van der Waals surface area contributed by atoms with Gasteiger partial charge in [-0.1, -0.05) is 11.6 Å². The summed E-state index contributed by atoms with van der Waals surface area (Å²) in [5, 5.41) is 8.85. The number of carboxylic acids is 1. The average molecular weight is 259 g/mol. The molecule has 0 bridgehead atoms. The monoisotopic (exact) mass is 258 g/mol. The van der Waals surface area contributed by atoms with Crippen LogP contribution in [0.2, 0.25) is 5.02 Å². The second kappa shape index (κ2) is 5.92. The van der Waals surface area contributed by atoms with Crippen LogP contribution in [0.1, 0.15) is 23.2 Å². The Morgan fingerprint density at radius 2 is 2.06 bits per heavy atom. The van der Waals surface area contributed by atoms with Crippen LogP contribution in [0.5, 0.6) is 0 Å². The molecule has 0 spiro atoms. The Kier molecular flexibility index (Phi) is 4.83. The van der Waals surface area contributed by atoms with Gasteiger partial charge in [0.15, 0.2) is 5.78 Å². The van der Waals surface area contributed by atoms with Crippen LogP contribution < -0.4 is 0 Å². The van der Waals surface area contributed by atoms with Gasteiger partial charge in [0.1, 0.15) is 0 Å². The topological polar surface area (TPSA) is 54.4 Å². The van der Waals surface area contributed by atoms with Gasteiger partial charge in [0.25, 0.3) is 0 Å². The molecule has 0 amide bonds. The third-order valence-corrected chi connectivity index (χ3v) is 3.08. The average Bonchev–Trinajstić information content (AvgIpc) is 2.25. The van der Waals surface area contributed by atoms with Crippen LogP contribution in [0.4, 0.5) is 0 Å². The Morgan fingerprint density at radius 1 is 1.38 bits per heavy atom. The Labute approximate surface area is 103 Å². The molecule has 3 nitrogen and oxygen atoms in total. The zero-order chi connectivity index (χ0) is 12.1. The minimum Gasteiger partial charge on any atom is -0.481 e. The molecular formula is C11H11ClO3S. The van der Waals surface area contributed by atoms with Crippen LogP contribution >= 0.6 is 23.4 Å². The van der Waals surface area contributed by atoms with E-state index in [0.717, 1.165) is 4.90 Å². The second-order valence-electron chi connectivity index (χ2n) is 3.16. The Morgan fingerprint density at radius 3 is 2.56 bits per heavy atom. The van der Waals surface area contributed by atoms with E-state index in [2.05, 4.69) is 0 Å². The second-order valence-corrected chi connectivity index (χ2v) is 4.45. The first-order valence-corrected chi connectivity index (χ1v) is 6.23. The molecule has 86 valence electrons. The van der Waals surface area contributed by atoms with Gasteiger partial charge < -0.3 is 5.11 Å². The number of ketones is 1. The Bertz CT molecular complexity index is 418. The fourth-order valence-electron chi connectivity index (χ4n) is 1.20. The molecule has 5 heteroatoms. The zero-order valence-electron chi connectivity index (χ0n) is 8.70. The molecule has 1 rings (SSSR count). The van der Waals surface area contributed by atoms with Crippen LogP contribution in [-0.2, 0) is 4.79 Å². The van der Waals surface area contributed by atoms with E-state index in [9.17, 15) is 9.59 Å². The molecule has 0 aliphatic heterocycles. The third kappa shape index (κ3) is 3.54. The maximum atomic E-state index is 11.6. The first kappa shape index (κ1) is 13.1. The minimum atomic E-state index is -0.981. The number of carboxylic acid groups (broad SMARTS) is 1. The van der Waals surface area contributed by atoms with E-state index in [4.69, 9.17) is 16.7 Å². The predicted molar refractivity (Wildman–Crippen MR) is 64.4 cm³/mol. The number of thioether (sulfide) groups is 1. The highest BCUT2D eigenvalue weighted by Crippen LogP contribution is 2.24. The van der Waals surface area contributed by atoms with Crippen LogP contribution in [-0.4, -0.2) is 23.1 Å². The van der Waals surface area contributed by atoms with Crippen LogP contribution in [0, 0.1) is 0 Å². The number of hydrogen-bond acceptors (Lipinski definition) is 3. The van der Waals surface area contributed by atoms with Crippen molar-refractivity contribution in [1.29, 1.82) is 0 Å². The molecule has 0 radical (unpaired) electrons. The highest BCUT2D eigenvalue weighted by molar-refractivity contribution is 7.98. The van der Waals surface area contributed by atoms with E-state index < -0.39 is 5.97 Å². The van der Waals surface area contributed by atoms with Crippen molar-refractivity contribution < 1.29 is 14.7 Å². The van der Waals surface area contributed by atoms with Gasteiger partial charge in [0.05, 0.1) is 11.4 Å². The van der Waals surface area contributed by atoms with Crippen LogP contribution in [0.3, 0.4) is 0 Å². The van der Waals surface area contributed by atoms with Crippen molar-refractivity contribution in [3.05, 3.63) is 28.8 Å². The summed E-state index contributed by atoms with van der Waals surface area (Å²) in [7, 11) is 0. The fourth-order valence-corrected chi connectivity index (χ4v) is 1.99. The summed E-state index contributed by atoms with van der Waals surface area (Å²) in [4.78, 5) is 22.9. The smallest absolute Gasteiger partial charge is 0.303 e. The molecular weight excluding hydrogens is 248 g/mol. The van der Waals surface area contributed by atoms with Gasteiger partial charge >= 0.3 is 5.97 Å². The summed E-state index contributed by atoms with van der Waals surface area (Å²) in [6.07, 6.45) is 1.73. The van der Waals surface area contributed by atoms with Gasteiger partial charge in [0.2, 0.25) is 0 Å². The maximum absolute atomic E-state index is 11.6. The minimum absolute atomic E-state index is 0.0202. The number of rotatable bonds is 5. The molecule has 0 unspecified atom stereocenters. The summed E-state index contributed by atoms with van der Waals surface area (Å²) < 4.78 is 0. The normalized spacial score (nSPS) is 10.1. The van der Waals surface area contributed by atoms with Gasteiger partial charge in [0, 0.05) is 16.9 Å². The zero-order valence-corrected chi connectivity index (χ0v) is 10.3. The van der Waals surface area contributed by atoms with E-state index in [1.54, 1.807) is 18.2 Å². The third-order valence-electron chi connectivity index (χ3n) is 2.04. The standard InChI is InChI=1S/C11H11ClO3S/c1-16-7-2-3-8(9(12)6-7)10(13)4-5-11(14)15/h2-3,6H,4-5H2,1H3,(H,14,15). The van der Waals surface area contributed by atoms with Gasteiger partial charge in [-0.15, -0.1) is 11.8 Å². The van der Waals surface area contributed by atoms with E-state index in [0.29, 0.717) is 10.6 Å². The molecule has 0 fully saturated rings. The van der Waals surface area contributed by atoms with Crippen LogP contribution in [0.15, 0.2) is 23.1 Å². The number of Topliss-reactive ketones (excluding diaryl/α,β-unsaturated/α-hetero) is 1. The first-order chi connectivity index (χ1) is 7.54. The highest BCUT2D eigenvalue weighted by atomic mass is 35.5. The summed E-state index contributed by atoms with van der Waals surface area (Å²) >= 11 is 7.47. The number of carbonyl (C=O) groups excluding carboxylic acids is 1. The number of benzene rings is 1. The molecule has 0 aliphatic carbocycles. The van der Waals surface area contributed by atoms with E-state index in [1.165, 1.54) is 11.8 Å². The SMILES string of the molecule is CSc1ccc(C(=O)CCC(=O)O)c(Cl)c1. The van der Waals surface area contributed by atoms with Crippen molar-refractivity contribution >= 4 is 35.1 Å². The first-order valence-electron chi connectivity index (χ1n) is 4.63.